The summed E-state index contributed by atoms with van der Waals surface area (Å²) in [5.41, 5.74) is 5.87. The zero-order valence-corrected chi connectivity index (χ0v) is 18.6. The number of H-pyrrole nitrogens is 2. The Labute approximate surface area is 193 Å². The monoisotopic (exact) mass is 460 g/mol. The maximum absolute atomic E-state index is 12.8. The predicted molar refractivity (Wildman–Crippen MR) is 130 cm³/mol. The summed E-state index contributed by atoms with van der Waals surface area (Å²) in [6, 6.07) is 16.2. The van der Waals surface area contributed by atoms with Gasteiger partial charge < -0.3 is 15.6 Å². The molecule has 10 heteroatoms. The molecule has 4 N–H and O–H groups in total. The van der Waals surface area contributed by atoms with E-state index in [2.05, 4.69) is 15.0 Å². The number of rotatable bonds is 7. The van der Waals surface area contributed by atoms with Crippen LogP contribution in [-0.2, 0) is 17.8 Å². The first-order valence-corrected chi connectivity index (χ1v) is 10.8. The number of fused-ring (bicyclic) bond motifs is 1. The van der Waals surface area contributed by atoms with Gasteiger partial charge in [0, 0.05) is 19.9 Å². The lowest BCUT2D eigenvalue weighted by Crippen LogP contribution is -2.39. The molecule has 0 radical (unpaired) electrons. The molecule has 10 nitrogen and oxygen atoms in total. The molecule has 0 saturated heterocycles. The summed E-state index contributed by atoms with van der Waals surface area (Å²) >= 11 is 0. The second-order valence-electron chi connectivity index (χ2n) is 7.90. The Kier molecular flexibility index (Phi) is 6.39. The van der Waals surface area contributed by atoms with Crippen LogP contribution in [0.15, 0.2) is 69.0 Å². The molecule has 2 aromatic heterocycles. The van der Waals surface area contributed by atoms with Crippen molar-refractivity contribution in [1.82, 2.24) is 19.5 Å². The highest BCUT2D eigenvalue weighted by Crippen LogP contribution is 2.18. The van der Waals surface area contributed by atoms with Crippen molar-refractivity contribution < 1.29 is 4.79 Å². The van der Waals surface area contributed by atoms with Crippen molar-refractivity contribution >= 4 is 28.3 Å². The smallest absolute Gasteiger partial charge is 0.330 e. The molecular weight excluding hydrogens is 436 g/mol. The van der Waals surface area contributed by atoms with E-state index in [1.165, 1.54) is 11.6 Å². The number of para-hydroxylation sites is 1. The number of nitrogens with zero attached hydrogens (tertiary/aromatic N) is 3. The van der Waals surface area contributed by atoms with E-state index in [9.17, 15) is 19.2 Å². The topological polar surface area (TPSA) is 147 Å². The molecule has 0 bridgehead atoms. The van der Waals surface area contributed by atoms with E-state index in [1.807, 2.05) is 30.3 Å². The quantitative estimate of drug-likeness (QED) is 0.380. The van der Waals surface area contributed by atoms with Crippen molar-refractivity contribution in [3.8, 4) is 0 Å². The van der Waals surface area contributed by atoms with Crippen LogP contribution in [-0.4, -0.2) is 32.5 Å². The summed E-state index contributed by atoms with van der Waals surface area (Å²) in [6.07, 6.45) is 0.856. The Hall–Kier alpha value is -4.47. The first-order chi connectivity index (χ1) is 16.3. The minimum Gasteiger partial charge on any atom is -0.383 e. The second kappa shape index (κ2) is 9.57. The molecule has 1 amide bonds. The molecule has 0 fully saturated rings. The number of amides is 1. The number of aromatic amines is 2. The van der Waals surface area contributed by atoms with Gasteiger partial charge in [-0.1, -0.05) is 42.5 Å². The summed E-state index contributed by atoms with van der Waals surface area (Å²) < 4.78 is 1.22. The van der Waals surface area contributed by atoms with Gasteiger partial charge in [-0.25, -0.2) is 9.78 Å². The predicted octanol–water partition coefficient (Wildman–Crippen LogP) is 1.39. The lowest BCUT2D eigenvalue weighted by Gasteiger charge is -2.20. The lowest BCUT2D eigenvalue weighted by atomic mass is 10.2. The molecule has 0 atom stereocenters. The van der Waals surface area contributed by atoms with Gasteiger partial charge in [0.1, 0.15) is 11.6 Å². The second-order valence-corrected chi connectivity index (χ2v) is 7.90. The van der Waals surface area contributed by atoms with E-state index in [0.717, 1.165) is 10.5 Å². The van der Waals surface area contributed by atoms with E-state index in [0.29, 0.717) is 29.6 Å². The maximum Gasteiger partial charge on any atom is 0.330 e. The van der Waals surface area contributed by atoms with Crippen molar-refractivity contribution in [1.29, 1.82) is 0 Å². The van der Waals surface area contributed by atoms with Gasteiger partial charge in [-0.15, -0.1) is 0 Å². The number of hydrogen-bond donors (Lipinski definition) is 3. The number of nitrogens with one attached hydrogen (secondary N) is 2. The highest BCUT2D eigenvalue weighted by atomic mass is 16.2. The van der Waals surface area contributed by atoms with Crippen molar-refractivity contribution in [3.05, 3.63) is 97.2 Å². The van der Waals surface area contributed by atoms with Crippen molar-refractivity contribution in [2.75, 3.05) is 17.7 Å². The number of nitrogen functional groups attached to an aromatic ring is 1. The molecule has 4 rings (SSSR count). The number of carbonyl (C=O) groups is 1. The van der Waals surface area contributed by atoms with Crippen LogP contribution in [0.25, 0.3) is 10.9 Å². The first-order valence-electron chi connectivity index (χ1n) is 10.8. The Bertz CT molecular complexity index is 1520. The van der Waals surface area contributed by atoms with E-state index < -0.39 is 11.2 Å². The fraction of sp³-hybridized carbons (Fsp3) is 0.208. The number of hydrogen-bond acceptors (Lipinski definition) is 6. The minimum atomic E-state index is -0.733. The van der Waals surface area contributed by atoms with Crippen LogP contribution >= 0.6 is 0 Å². The van der Waals surface area contributed by atoms with Gasteiger partial charge in [-0.2, -0.15) is 0 Å². The normalized spacial score (nSPS) is 11.0. The van der Waals surface area contributed by atoms with Gasteiger partial charge in [-0.05, 0) is 24.1 Å². The lowest BCUT2D eigenvalue weighted by molar-refractivity contribution is -0.118. The van der Waals surface area contributed by atoms with Crippen LogP contribution in [0.2, 0.25) is 0 Å². The van der Waals surface area contributed by atoms with E-state index in [1.54, 1.807) is 24.3 Å². The zero-order valence-electron chi connectivity index (χ0n) is 18.6. The van der Waals surface area contributed by atoms with Crippen LogP contribution in [0.1, 0.15) is 24.2 Å². The molecule has 0 aliphatic carbocycles. The first kappa shape index (κ1) is 22.7. The standard InChI is InChI=1S/C24H24N6O4/c1-29(19(31)13-7-12-18-26-17-11-6-5-10-16(17)22(32)27-18)20-21(25)30(24(34)28-23(20)33)14-15-8-3-2-4-9-15/h2-6,8-11H,7,12-14,25H2,1H3,(H,26,27,32)(H,28,33,34). The Balaban J connectivity index is 1.49. The number of aromatic nitrogens is 4. The third kappa shape index (κ3) is 4.65. The van der Waals surface area contributed by atoms with E-state index >= 15 is 0 Å². The number of benzene rings is 2. The average molecular weight is 460 g/mol. The Morgan fingerprint density at radius 3 is 2.47 bits per heavy atom. The van der Waals surface area contributed by atoms with Crippen molar-refractivity contribution in [3.63, 3.8) is 0 Å². The molecule has 0 unspecified atom stereocenters. The highest BCUT2D eigenvalue weighted by molar-refractivity contribution is 5.95. The summed E-state index contributed by atoms with van der Waals surface area (Å²) in [6.45, 7) is 0.151. The number of nitrogens with two attached hydrogens (primary N) is 1. The summed E-state index contributed by atoms with van der Waals surface area (Å²) in [7, 11) is 1.44. The average Bonchev–Trinajstić information content (AvgIpc) is 2.82. The summed E-state index contributed by atoms with van der Waals surface area (Å²) in [5, 5.41) is 0.502. The summed E-state index contributed by atoms with van der Waals surface area (Å²) in [4.78, 5) is 60.4. The molecule has 4 aromatic rings. The highest BCUT2D eigenvalue weighted by Gasteiger charge is 2.21. The van der Waals surface area contributed by atoms with Gasteiger partial charge in [0.15, 0.2) is 5.69 Å². The molecule has 34 heavy (non-hydrogen) atoms. The fourth-order valence-corrected chi connectivity index (χ4v) is 3.78. The van der Waals surface area contributed by atoms with E-state index in [-0.39, 0.29) is 35.9 Å². The Morgan fingerprint density at radius 2 is 1.71 bits per heavy atom. The Morgan fingerprint density at radius 1 is 1.00 bits per heavy atom. The maximum atomic E-state index is 12.8. The van der Waals surface area contributed by atoms with Gasteiger partial charge >= 0.3 is 5.69 Å². The zero-order chi connectivity index (χ0) is 24.2. The van der Waals surface area contributed by atoms with Crippen molar-refractivity contribution in [2.45, 2.75) is 25.8 Å². The molecule has 0 aliphatic heterocycles. The number of carbonyl (C=O) groups excluding carboxylic acids is 1. The van der Waals surface area contributed by atoms with Gasteiger partial charge in [0.2, 0.25) is 5.91 Å². The van der Waals surface area contributed by atoms with Crippen LogP contribution in [0, 0.1) is 0 Å². The summed E-state index contributed by atoms with van der Waals surface area (Å²) in [5.74, 6) is 0.0344. The largest absolute Gasteiger partial charge is 0.383 e. The minimum absolute atomic E-state index is 0.0854. The molecule has 0 saturated carbocycles. The molecular formula is C24H24N6O4. The molecule has 174 valence electrons. The van der Waals surface area contributed by atoms with Crippen LogP contribution in [0.3, 0.4) is 0 Å². The molecule has 2 aromatic carbocycles. The molecule has 0 aliphatic rings. The fourth-order valence-electron chi connectivity index (χ4n) is 3.78. The SMILES string of the molecule is CN(C(=O)CCCc1nc2ccccc2c(=O)[nH]1)c1c(N)n(Cc2ccccc2)c(=O)[nH]c1=O. The van der Waals surface area contributed by atoms with Crippen LogP contribution in [0.5, 0.6) is 0 Å². The van der Waals surface area contributed by atoms with Crippen LogP contribution < -0.4 is 27.4 Å². The number of aryl methyl sites for hydroxylation is 1. The van der Waals surface area contributed by atoms with Gasteiger partial charge in [-0.3, -0.25) is 23.9 Å². The van der Waals surface area contributed by atoms with Crippen LogP contribution in [0.4, 0.5) is 11.5 Å². The van der Waals surface area contributed by atoms with Crippen molar-refractivity contribution in [2.24, 2.45) is 0 Å². The number of anilines is 2. The van der Waals surface area contributed by atoms with E-state index in [4.69, 9.17) is 5.73 Å². The van der Waals surface area contributed by atoms with Gasteiger partial charge in [0.05, 0.1) is 17.4 Å². The molecule has 2 heterocycles. The molecule has 0 spiro atoms. The third-order valence-electron chi connectivity index (χ3n) is 5.57. The third-order valence-corrected chi connectivity index (χ3v) is 5.57. The van der Waals surface area contributed by atoms with Gasteiger partial charge in [0.25, 0.3) is 11.1 Å².